The van der Waals surface area contributed by atoms with Gasteiger partial charge in [-0.15, -0.1) is 0 Å². The molecule has 74 valence electrons. The summed E-state index contributed by atoms with van der Waals surface area (Å²) < 4.78 is 0. The van der Waals surface area contributed by atoms with Crippen molar-refractivity contribution in [3.05, 3.63) is 29.6 Å². The van der Waals surface area contributed by atoms with Crippen LogP contribution >= 0.6 is 0 Å². The molecule has 0 aliphatic rings. The van der Waals surface area contributed by atoms with Crippen molar-refractivity contribution in [2.45, 2.75) is 0 Å². The van der Waals surface area contributed by atoms with E-state index in [4.69, 9.17) is 5.11 Å². The Morgan fingerprint density at radius 3 is 2.36 bits per heavy atom. The molecule has 1 aromatic heterocycles. The minimum Gasteiger partial charge on any atom is -0.478 e. The number of aromatic carboxylic acids is 1. The average Bonchev–Trinajstić information content (AvgIpc) is 2.16. The summed E-state index contributed by atoms with van der Waals surface area (Å²) in [6.07, 6.45) is 2.55. The summed E-state index contributed by atoms with van der Waals surface area (Å²) in [5.41, 5.74) is 0.285. The fourth-order valence-corrected chi connectivity index (χ4v) is 0.932. The van der Waals surface area contributed by atoms with Crippen LogP contribution in [0.1, 0.15) is 20.7 Å². The number of hydrogen-bond acceptors (Lipinski definition) is 3. The van der Waals surface area contributed by atoms with E-state index in [-0.39, 0.29) is 17.0 Å². The van der Waals surface area contributed by atoms with E-state index < -0.39 is 5.97 Å². The smallest absolute Gasteiger partial charge is 0.337 e. The van der Waals surface area contributed by atoms with Gasteiger partial charge < -0.3 is 10.0 Å². The summed E-state index contributed by atoms with van der Waals surface area (Å²) in [4.78, 5) is 27.0. The predicted molar refractivity (Wildman–Crippen MR) is 49.2 cm³/mol. The highest BCUT2D eigenvalue weighted by atomic mass is 16.4. The number of rotatable bonds is 2. The molecule has 1 N–H and O–H groups in total. The van der Waals surface area contributed by atoms with Crippen molar-refractivity contribution < 1.29 is 14.7 Å². The molecule has 1 aromatic rings. The van der Waals surface area contributed by atoms with Gasteiger partial charge in [-0.2, -0.15) is 0 Å². The third-order valence-corrected chi connectivity index (χ3v) is 1.64. The van der Waals surface area contributed by atoms with Gasteiger partial charge in [-0.3, -0.25) is 9.78 Å². The van der Waals surface area contributed by atoms with Crippen LogP contribution in [0.25, 0.3) is 0 Å². The maximum atomic E-state index is 11.4. The van der Waals surface area contributed by atoms with Crippen LogP contribution in [0.15, 0.2) is 18.5 Å². The minimum absolute atomic E-state index is 0.0118. The highest BCUT2D eigenvalue weighted by Gasteiger charge is 2.11. The van der Waals surface area contributed by atoms with Crippen LogP contribution in [0.4, 0.5) is 0 Å². The van der Waals surface area contributed by atoms with Gasteiger partial charge in [0.1, 0.15) is 0 Å². The lowest BCUT2D eigenvalue weighted by molar-refractivity contribution is 0.0696. The van der Waals surface area contributed by atoms with Crippen LogP contribution in [0.5, 0.6) is 0 Å². The van der Waals surface area contributed by atoms with E-state index >= 15 is 0 Å². The number of amides is 1. The molecule has 5 heteroatoms. The molecule has 0 radical (unpaired) electrons. The van der Waals surface area contributed by atoms with Gasteiger partial charge in [0, 0.05) is 26.5 Å². The fourth-order valence-electron chi connectivity index (χ4n) is 0.932. The van der Waals surface area contributed by atoms with E-state index in [9.17, 15) is 9.59 Å². The van der Waals surface area contributed by atoms with Crippen molar-refractivity contribution in [2.24, 2.45) is 0 Å². The summed E-state index contributed by atoms with van der Waals surface area (Å²) in [6, 6.07) is 1.30. The van der Waals surface area contributed by atoms with Gasteiger partial charge >= 0.3 is 5.97 Å². The molecule has 1 amide bonds. The highest BCUT2D eigenvalue weighted by molar-refractivity contribution is 5.96. The van der Waals surface area contributed by atoms with Gasteiger partial charge in [-0.25, -0.2) is 4.79 Å². The Morgan fingerprint density at radius 2 is 1.86 bits per heavy atom. The van der Waals surface area contributed by atoms with E-state index in [0.29, 0.717) is 0 Å². The van der Waals surface area contributed by atoms with Crippen LogP contribution in [0, 0.1) is 0 Å². The van der Waals surface area contributed by atoms with Crippen molar-refractivity contribution in [1.29, 1.82) is 0 Å². The number of aromatic nitrogens is 1. The third-order valence-electron chi connectivity index (χ3n) is 1.64. The normalized spacial score (nSPS) is 9.57. The van der Waals surface area contributed by atoms with E-state index in [1.165, 1.54) is 23.4 Å². The zero-order chi connectivity index (χ0) is 10.7. The molecule has 0 saturated carbocycles. The topological polar surface area (TPSA) is 70.5 Å². The number of carbonyl (C=O) groups excluding carboxylic acids is 1. The van der Waals surface area contributed by atoms with Crippen molar-refractivity contribution in [2.75, 3.05) is 14.1 Å². The van der Waals surface area contributed by atoms with E-state index in [1.54, 1.807) is 14.1 Å². The molecule has 0 bridgehead atoms. The number of hydrogen-bond donors (Lipinski definition) is 1. The van der Waals surface area contributed by atoms with E-state index in [1.807, 2.05) is 0 Å². The zero-order valence-electron chi connectivity index (χ0n) is 7.89. The fraction of sp³-hybridized carbons (Fsp3) is 0.222. The second kappa shape index (κ2) is 3.87. The Bertz CT molecular complexity index is 374. The minimum atomic E-state index is -1.09. The molecule has 0 unspecified atom stereocenters. The maximum absolute atomic E-state index is 11.4. The molecule has 0 atom stereocenters. The zero-order valence-corrected chi connectivity index (χ0v) is 7.89. The molecule has 0 saturated heterocycles. The van der Waals surface area contributed by atoms with Gasteiger partial charge in [0.2, 0.25) is 0 Å². The predicted octanol–water partition coefficient (Wildman–Crippen LogP) is 0.482. The second-order valence-corrected chi connectivity index (χ2v) is 2.97. The van der Waals surface area contributed by atoms with Gasteiger partial charge in [-0.1, -0.05) is 0 Å². The Hall–Kier alpha value is -1.91. The standard InChI is InChI=1S/C9H10N2O3/c1-11(2)8(12)6-3-7(9(13)14)5-10-4-6/h3-5H,1-2H3,(H,13,14). The molecule has 0 aromatic carbocycles. The van der Waals surface area contributed by atoms with Crippen LogP contribution < -0.4 is 0 Å². The Morgan fingerprint density at radius 1 is 1.29 bits per heavy atom. The SMILES string of the molecule is CN(C)C(=O)c1cncc(C(=O)O)c1. The quantitative estimate of drug-likeness (QED) is 0.743. The number of pyridine rings is 1. The largest absolute Gasteiger partial charge is 0.478 e. The van der Waals surface area contributed by atoms with Crippen LogP contribution in [-0.4, -0.2) is 41.0 Å². The molecular formula is C9H10N2O3. The molecule has 14 heavy (non-hydrogen) atoms. The first kappa shape index (κ1) is 10.2. The van der Waals surface area contributed by atoms with Crippen LogP contribution in [0.2, 0.25) is 0 Å². The van der Waals surface area contributed by atoms with Gasteiger partial charge in [0.15, 0.2) is 0 Å². The first-order valence-electron chi connectivity index (χ1n) is 3.92. The molecule has 1 rings (SSSR count). The van der Waals surface area contributed by atoms with E-state index in [2.05, 4.69) is 4.98 Å². The summed E-state index contributed by atoms with van der Waals surface area (Å²) in [5, 5.41) is 8.66. The van der Waals surface area contributed by atoms with Gasteiger partial charge in [0.25, 0.3) is 5.91 Å². The summed E-state index contributed by atoms with van der Waals surface area (Å²) in [7, 11) is 3.19. The van der Waals surface area contributed by atoms with E-state index in [0.717, 1.165) is 0 Å². The molecule has 5 nitrogen and oxygen atoms in total. The van der Waals surface area contributed by atoms with Crippen LogP contribution in [0.3, 0.4) is 0 Å². The molecule has 0 spiro atoms. The number of nitrogens with zero attached hydrogens (tertiary/aromatic N) is 2. The number of carboxylic acids is 1. The lowest BCUT2D eigenvalue weighted by Crippen LogP contribution is -2.22. The molecular weight excluding hydrogens is 184 g/mol. The van der Waals surface area contributed by atoms with Crippen molar-refractivity contribution in [1.82, 2.24) is 9.88 Å². The highest BCUT2D eigenvalue weighted by Crippen LogP contribution is 2.04. The summed E-state index contributed by atoms with van der Waals surface area (Å²) in [5.74, 6) is -1.36. The number of carbonyl (C=O) groups is 2. The monoisotopic (exact) mass is 194 g/mol. The van der Waals surface area contributed by atoms with Crippen molar-refractivity contribution in [3.8, 4) is 0 Å². The Balaban J connectivity index is 3.06. The van der Waals surface area contributed by atoms with Crippen molar-refractivity contribution in [3.63, 3.8) is 0 Å². The summed E-state index contributed by atoms with van der Waals surface area (Å²) in [6.45, 7) is 0. The van der Waals surface area contributed by atoms with Gasteiger partial charge in [0.05, 0.1) is 11.1 Å². The molecule has 0 aliphatic carbocycles. The number of carboxylic acid groups (broad SMARTS) is 1. The van der Waals surface area contributed by atoms with Gasteiger partial charge in [-0.05, 0) is 6.07 Å². The first-order valence-corrected chi connectivity index (χ1v) is 3.92. The van der Waals surface area contributed by atoms with Crippen molar-refractivity contribution >= 4 is 11.9 Å². The molecule has 0 fully saturated rings. The lowest BCUT2D eigenvalue weighted by atomic mass is 10.2. The Labute approximate surface area is 81.0 Å². The first-order chi connectivity index (χ1) is 6.52. The maximum Gasteiger partial charge on any atom is 0.337 e. The lowest BCUT2D eigenvalue weighted by Gasteiger charge is -2.09. The molecule has 1 heterocycles. The van der Waals surface area contributed by atoms with Crippen LogP contribution in [-0.2, 0) is 0 Å². The summed E-state index contributed by atoms with van der Waals surface area (Å²) >= 11 is 0. The average molecular weight is 194 g/mol. The third kappa shape index (κ3) is 2.07. The second-order valence-electron chi connectivity index (χ2n) is 2.97. The Kier molecular flexibility index (Phi) is 2.81. The molecule has 0 aliphatic heterocycles.